The highest BCUT2D eigenvalue weighted by Gasteiger charge is 2.36. The highest BCUT2D eigenvalue weighted by Crippen LogP contribution is 2.35. The van der Waals surface area contributed by atoms with Crippen molar-refractivity contribution >= 4 is 16.1 Å². The van der Waals surface area contributed by atoms with Gasteiger partial charge < -0.3 is 0 Å². The third-order valence-corrected chi connectivity index (χ3v) is 8.34. The van der Waals surface area contributed by atoms with E-state index in [1.165, 1.54) is 19.4 Å². The molecule has 1 aromatic rings. The van der Waals surface area contributed by atoms with E-state index in [1.807, 2.05) is 6.92 Å². The van der Waals surface area contributed by atoms with Crippen LogP contribution < -0.4 is 0 Å². The van der Waals surface area contributed by atoms with Crippen molar-refractivity contribution in [1.29, 1.82) is 0 Å². The number of halogens is 3. The van der Waals surface area contributed by atoms with E-state index in [9.17, 15) is 21.6 Å². The predicted octanol–water partition coefficient (Wildman–Crippen LogP) is 6.16. The molecule has 0 aliphatic heterocycles. The van der Waals surface area contributed by atoms with Crippen molar-refractivity contribution in [3.8, 4) is 0 Å². The number of benzene rings is 1. The van der Waals surface area contributed by atoms with Crippen LogP contribution in [-0.2, 0) is 20.9 Å². The van der Waals surface area contributed by atoms with Gasteiger partial charge in [0.25, 0.3) is 0 Å². The van der Waals surface area contributed by atoms with E-state index < -0.39 is 26.8 Å². The molecule has 0 N–H and O–H groups in total. The van der Waals surface area contributed by atoms with Crippen LogP contribution in [0, 0.1) is 0 Å². The molecule has 0 amide bonds. The van der Waals surface area contributed by atoms with Crippen LogP contribution >= 0.6 is 0 Å². The summed E-state index contributed by atoms with van der Waals surface area (Å²) in [7, 11) is -2.41. The molecule has 1 aliphatic carbocycles. The van der Waals surface area contributed by atoms with Gasteiger partial charge in [0.15, 0.2) is 15.9 Å². The Morgan fingerprint density at radius 3 is 2.42 bits per heavy atom. The van der Waals surface area contributed by atoms with Gasteiger partial charge in [0.1, 0.15) is 7.11 Å². The van der Waals surface area contributed by atoms with Gasteiger partial charge >= 0.3 is 6.18 Å². The van der Waals surface area contributed by atoms with Gasteiger partial charge in [0.05, 0.1) is 21.3 Å². The van der Waals surface area contributed by atoms with Gasteiger partial charge in [0, 0.05) is 13.3 Å². The van der Waals surface area contributed by atoms with Gasteiger partial charge in [-0.15, -0.1) is 0 Å². The van der Waals surface area contributed by atoms with Gasteiger partial charge in [-0.3, -0.25) is 4.84 Å². The van der Waals surface area contributed by atoms with Crippen molar-refractivity contribution in [2.45, 2.75) is 100 Å². The quantitative estimate of drug-likeness (QED) is 0.181. The fourth-order valence-electron chi connectivity index (χ4n) is 4.11. The van der Waals surface area contributed by atoms with E-state index in [0.29, 0.717) is 12.8 Å². The van der Waals surface area contributed by atoms with Gasteiger partial charge in [-0.05, 0) is 42.2 Å². The van der Waals surface area contributed by atoms with E-state index in [1.54, 1.807) is 4.74 Å². The first-order valence-electron chi connectivity index (χ1n) is 11.2. The Hall–Kier alpha value is -1.57. The minimum absolute atomic E-state index is 0.0330. The lowest BCUT2D eigenvalue weighted by Gasteiger charge is -2.23. The summed E-state index contributed by atoms with van der Waals surface area (Å²) >= 11 is 0. The number of hydroxylamine groups is 1. The van der Waals surface area contributed by atoms with Crippen LogP contribution in [0.15, 0.2) is 23.1 Å². The Morgan fingerprint density at radius 1 is 1.16 bits per heavy atom. The predicted molar refractivity (Wildman–Crippen MR) is 116 cm³/mol. The Labute approximate surface area is 184 Å². The third-order valence-electron chi connectivity index (χ3n) is 6.03. The number of sulfone groups is 1. The second-order valence-electron chi connectivity index (χ2n) is 8.43. The van der Waals surface area contributed by atoms with Crippen LogP contribution in [0.2, 0.25) is 0 Å². The Bertz CT molecular complexity index is 844. The largest absolute Gasteiger partial charge is 0.416 e. The molecule has 0 heterocycles. The SMILES string of the molecule is CCCCCCC(C)/[N+](=C/c1ccc(C(F)(F)F)cc1S(=O)(=O)C1CCCCC1)OC. The molecule has 1 fully saturated rings. The van der Waals surface area contributed by atoms with Gasteiger partial charge in [-0.25, -0.2) is 8.42 Å². The zero-order valence-corrected chi connectivity index (χ0v) is 19.6. The van der Waals surface area contributed by atoms with Crippen molar-refractivity contribution in [2.75, 3.05) is 7.11 Å². The molecular formula is C23H35F3NO3S+. The highest BCUT2D eigenvalue weighted by atomic mass is 32.2. The molecule has 8 heteroatoms. The van der Waals surface area contributed by atoms with Crippen LogP contribution in [0.5, 0.6) is 0 Å². The lowest BCUT2D eigenvalue weighted by atomic mass is 10.0. The second-order valence-corrected chi connectivity index (χ2v) is 10.6. The number of alkyl halides is 3. The molecule has 0 aromatic heterocycles. The minimum Gasteiger partial charge on any atom is -0.280 e. The summed E-state index contributed by atoms with van der Waals surface area (Å²) in [5.41, 5.74) is -0.712. The fraction of sp³-hybridized carbons (Fsp3) is 0.696. The average Bonchev–Trinajstić information content (AvgIpc) is 2.74. The topological polar surface area (TPSA) is 46.4 Å². The van der Waals surface area contributed by atoms with E-state index >= 15 is 0 Å². The average molecular weight is 463 g/mol. The Kier molecular flexibility index (Phi) is 9.40. The van der Waals surface area contributed by atoms with Gasteiger partial charge in [-0.2, -0.15) is 13.2 Å². The van der Waals surface area contributed by atoms with Crippen molar-refractivity contribution in [1.82, 2.24) is 0 Å². The number of nitrogens with zero attached hydrogens (tertiary/aromatic N) is 1. The van der Waals surface area contributed by atoms with E-state index in [2.05, 4.69) is 6.92 Å². The first-order chi connectivity index (χ1) is 14.6. The molecule has 1 aliphatic rings. The van der Waals surface area contributed by atoms with E-state index in [-0.39, 0.29) is 16.5 Å². The molecular weight excluding hydrogens is 427 g/mol. The maximum absolute atomic E-state index is 13.3. The maximum atomic E-state index is 13.3. The highest BCUT2D eigenvalue weighted by molar-refractivity contribution is 7.92. The smallest absolute Gasteiger partial charge is 0.280 e. The number of hydrogen-bond acceptors (Lipinski definition) is 3. The molecule has 176 valence electrons. The second kappa shape index (κ2) is 11.3. The molecule has 1 aromatic carbocycles. The number of unbranched alkanes of at least 4 members (excludes halogenated alkanes) is 3. The monoisotopic (exact) mass is 462 g/mol. The summed E-state index contributed by atoms with van der Waals surface area (Å²) in [5.74, 6) is 0. The van der Waals surface area contributed by atoms with Gasteiger partial charge in [-0.1, -0.05) is 45.4 Å². The Morgan fingerprint density at radius 2 is 1.84 bits per heavy atom. The number of hydrogen-bond donors (Lipinski definition) is 0. The van der Waals surface area contributed by atoms with Crippen LogP contribution in [-0.4, -0.2) is 37.8 Å². The van der Waals surface area contributed by atoms with Crippen LogP contribution in [0.25, 0.3) is 0 Å². The lowest BCUT2D eigenvalue weighted by molar-refractivity contribution is -0.799. The van der Waals surface area contributed by atoms with Crippen LogP contribution in [0.3, 0.4) is 0 Å². The molecule has 1 saturated carbocycles. The first kappa shape index (κ1) is 25.7. The molecule has 0 saturated heterocycles. The first-order valence-corrected chi connectivity index (χ1v) is 12.8. The number of rotatable bonds is 10. The summed E-state index contributed by atoms with van der Waals surface area (Å²) in [6.07, 6.45) is 5.62. The summed E-state index contributed by atoms with van der Waals surface area (Å²) in [5, 5.41) is -0.639. The normalized spacial score (nSPS) is 17.5. The van der Waals surface area contributed by atoms with E-state index in [0.717, 1.165) is 63.5 Å². The molecule has 31 heavy (non-hydrogen) atoms. The summed E-state index contributed by atoms with van der Waals surface area (Å²) in [6, 6.07) is 2.93. The summed E-state index contributed by atoms with van der Waals surface area (Å²) in [4.78, 5) is 5.19. The molecule has 0 bridgehead atoms. The van der Waals surface area contributed by atoms with E-state index in [4.69, 9.17) is 4.84 Å². The molecule has 2 rings (SSSR count). The zero-order valence-electron chi connectivity index (χ0n) is 18.7. The summed E-state index contributed by atoms with van der Waals surface area (Å²) < 4.78 is 68.2. The van der Waals surface area contributed by atoms with Crippen LogP contribution in [0.4, 0.5) is 13.2 Å². The molecule has 4 nitrogen and oxygen atoms in total. The molecule has 0 spiro atoms. The fourth-order valence-corrected chi connectivity index (χ4v) is 6.16. The van der Waals surface area contributed by atoms with Gasteiger partial charge in [0.2, 0.25) is 6.21 Å². The molecule has 1 unspecified atom stereocenters. The van der Waals surface area contributed by atoms with Crippen molar-refractivity contribution in [3.05, 3.63) is 29.3 Å². The maximum Gasteiger partial charge on any atom is 0.416 e. The van der Waals surface area contributed by atoms with Crippen LogP contribution in [0.1, 0.15) is 89.2 Å². The van der Waals surface area contributed by atoms with Crippen molar-refractivity contribution < 1.29 is 31.2 Å². The standard InChI is InChI=1S/C23H35F3NO3S/c1-4-5-6-8-11-18(2)27(30-3)17-19-14-15-20(23(24,25)26)16-22(19)31(28,29)21-12-9-7-10-13-21/h14-18,21H,4-13H2,1-3H3/q+1/b27-17-. The summed E-state index contributed by atoms with van der Waals surface area (Å²) in [6.45, 7) is 4.10. The van der Waals surface area contributed by atoms with Crippen molar-refractivity contribution in [2.24, 2.45) is 0 Å². The lowest BCUT2D eigenvalue weighted by Crippen LogP contribution is -2.27. The third kappa shape index (κ3) is 6.96. The molecule has 1 atom stereocenters. The van der Waals surface area contributed by atoms with Crippen molar-refractivity contribution in [3.63, 3.8) is 0 Å². The minimum atomic E-state index is -4.61. The zero-order chi connectivity index (χ0) is 23.1. The Balaban J connectivity index is 2.44. The molecule has 0 radical (unpaired) electrons.